The van der Waals surface area contributed by atoms with Crippen molar-refractivity contribution in [2.45, 2.75) is 26.2 Å². The van der Waals surface area contributed by atoms with Crippen LogP contribution in [-0.4, -0.2) is 22.9 Å². The van der Waals surface area contributed by atoms with E-state index in [1.54, 1.807) is 10.7 Å². The Morgan fingerprint density at radius 3 is 2.50 bits per heavy atom. The molecule has 0 spiro atoms. The Morgan fingerprint density at radius 1 is 1.30 bits per heavy atom. The van der Waals surface area contributed by atoms with Gasteiger partial charge in [0.25, 0.3) is 0 Å². The van der Waals surface area contributed by atoms with E-state index < -0.39 is 5.97 Å². The molecule has 0 atom stereocenters. The van der Waals surface area contributed by atoms with Crippen LogP contribution in [0.25, 0.3) is 5.69 Å². The SMILES string of the molecule is COC(=O)c1cc(C(C)(C)C)n(-c2ccccc2Br)n1. The minimum Gasteiger partial charge on any atom is -0.464 e. The third kappa shape index (κ3) is 2.77. The standard InChI is InChI=1S/C15H17BrN2O2/c1-15(2,3)13-9-11(14(19)20-4)17-18(13)12-8-6-5-7-10(12)16/h5-9H,1-4H3. The monoisotopic (exact) mass is 336 g/mol. The van der Waals surface area contributed by atoms with E-state index in [4.69, 9.17) is 4.74 Å². The molecule has 1 aromatic heterocycles. The number of esters is 1. The zero-order valence-corrected chi connectivity index (χ0v) is 13.6. The molecule has 106 valence electrons. The van der Waals surface area contributed by atoms with E-state index in [0.717, 1.165) is 15.9 Å². The molecule has 0 fully saturated rings. The van der Waals surface area contributed by atoms with Crippen LogP contribution in [0.3, 0.4) is 0 Å². The van der Waals surface area contributed by atoms with Gasteiger partial charge in [0.05, 0.1) is 18.5 Å². The Bertz CT molecular complexity index is 642. The molecule has 0 N–H and O–H groups in total. The fourth-order valence-electron chi connectivity index (χ4n) is 1.93. The molecule has 2 rings (SSSR count). The van der Waals surface area contributed by atoms with Crippen molar-refractivity contribution < 1.29 is 9.53 Å². The smallest absolute Gasteiger partial charge is 0.358 e. The average molecular weight is 337 g/mol. The summed E-state index contributed by atoms with van der Waals surface area (Å²) in [5.41, 5.74) is 2.01. The van der Waals surface area contributed by atoms with Crippen LogP contribution in [0, 0.1) is 0 Å². The van der Waals surface area contributed by atoms with Crippen molar-refractivity contribution in [3.63, 3.8) is 0 Å². The van der Waals surface area contributed by atoms with Gasteiger partial charge in [-0.3, -0.25) is 0 Å². The topological polar surface area (TPSA) is 44.1 Å². The summed E-state index contributed by atoms with van der Waals surface area (Å²) in [6, 6.07) is 9.56. The number of benzene rings is 1. The number of halogens is 1. The van der Waals surface area contributed by atoms with Crippen LogP contribution in [0.1, 0.15) is 37.0 Å². The first-order chi connectivity index (χ1) is 9.34. The Morgan fingerprint density at radius 2 is 1.95 bits per heavy atom. The second kappa shape index (κ2) is 5.40. The van der Waals surface area contributed by atoms with Crippen molar-refractivity contribution in [1.82, 2.24) is 9.78 Å². The highest BCUT2D eigenvalue weighted by Gasteiger charge is 2.25. The molecule has 4 nitrogen and oxygen atoms in total. The molecule has 5 heteroatoms. The molecule has 0 saturated heterocycles. The van der Waals surface area contributed by atoms with Crippen molar-refractivity contribution in [2.24, 2.45) is 0 Å². The van der Waals surface area contributed by atoms with Crippen molar-refractivity contribution in [1.29, 1.82) is 0 Å². The van der Waals surface area contributed by atoms with Gasteiger partial charge in [-0.05, 0) is 34.1 Å². The Labute approximate surface area is 126 Å². The highest BCUT2D eigenvalue weighted by atomic mass is 79.9. The molecule has 2 aromatic rings. The molecule has 0 unspecified atom stereocenters. The van der Waals surface area contributed by atoms with Gasteiger partial charge in [0.2, 0.25) is 0 Å². The van der Waals surface area contributed by atoms with Crippen molar-refractivity contribution in [3.8, 4) is 5.69 Å². The molecule has 0 bridgehead atoms. The number of aromatic nitrogens is 2. The van der Waals surface area contributed by atoms with Gasteiger partial charge in [-0.2, -0.15) is 5.10 Å². The lowest BCUT2D eigenvalue weighted by atomic mass is 9.91. The fraction of sp³-hybridized carbons (Fsp3) is 0.333. The number of methoxy groups -OCH3 is 1. The molecule has 0 aliphatic carbocycles. The van der Waals surface area contributed by atoms with Crippen molar-refractivity contribution >= 4 is 21.9 Å². The second-order valence-corrected chi connectivity index (χ2v) is 6.37. The van der Waals surface area contributed by atoms with Crippen molar-refractivity contribution in [2.75, 3.05) is 7.11 Å². The van der Waals surface area contributed by atoms with Crippen LogP contribution in [0.15, 0.2) is 34.8 Å². The first-order valence-electron chi connectivity index (χ1n) is 6.28. The highest BCUT2D eigenvalue weighted by molar-refractivity contribution is 9.10. The first-order valence-corrected chi connectivity index (χ1v) is 7.07. The minimum absolute atomic E-state index is 0.144. The van der Waals surface area contributed by atoms with Gasteiger partial charge in [0.1, 0.15) is 0 Å². The zero-order chi connectivity index (χ0) is 14.9. The average Bonchev–Trinajstić information content (AvgIpc) is 2.83. The van der Waals surface area contributed by atoms with E-state index in [0.29, 0.717) is 5.69 Å². The number of hydrogen-bond acceptors (Lipinski definition) is 3. The molecule has 0 aliphatic rings. The number of ether oxygens (including phenoxy) is 1. The van der Waals surface area contributed by atoms with Gasteiger partial charge in [0, 0.05) is 9.89 Å². The van der Waals surface area contributed by atoms with Gasteiger partial charge in [0.15, 0.2) is 5.69 Å². The maximum atomic E-state index is 11.7. The quantitative estimate of drug-likeness (QED) is 0.785. The summed E-state index contributed by atoms with van der Waals surface area (Å²) < 4.78 is 7.47. The maximum absolute atomic E-state index is 11.7. The van der Waals surface area contributed by atoms with Crippen LogP contribution in [0.2, 0.25) is 0 Å². The van der Waals surface area contributed by atoms with E-state index in [1.165, 1.54) is 7.11 Å². The molecule has 0 aliphatic heterocycles. The Balaban J connectivity index is 2.65. The zero-order valence-electron chi connectivity index (χ0n) is 12.0. The maximum Gasteiger partial charge on any atom is 0.358 e. The first kappa shape index (κ1) is 14.8. The highest BCUT2D eigenvalue weighted by Crippen LogP contribution is 2.29. The predicted octanol–water partition coefficient (Wildman–Crippen LogP) is 3.72. The van der Waals surface area contributed by atoms with Crippen LogP contribution < -0.4 is 0 Å². The number of carbonyl (C=O) groups excluding carboxylic acids is 1. The van der Waals surface area contributed by atoms with E-state index in [1.807, 2.05) is 24.3 Å². The summed E-state index contributed by atoms with van der Waals surface area (Å²) in [7, 11) is 1.36. The van der Waals surface area contributed by atoms with E-state index >= 15 is 0 Å². The number of para-hydroxylation sites is 1. The number of carbonyl (C=O) groups is 1. The lowest BCUT2D eigenvalue weighted by molar-refractivity contribution is 0.0593. The molecule has 0 saturated carbocycles. The van der Waals surface area contributed by atoms with Crippen molar-refractivity contribution in [3.05, 3.63) is 46.2 Å². The molecular weight excluding hydrogens is 320 g/mol. The minimum atomic E-state index is -0.429. The van der Waals surface area contributed by atoms with E-state index in [-0.39, 0.29) is 5.41 Å². The van der Waals surface area contributed by atoms with Gasteiger partial charge in [-0.1, -0.05) is 32.9 Å². The molecule has 0 radical (unpaired) electrons. The third-order valence-electron chi connectivity index (χ3n) is 2.95. The lowest BCUT2D eigenvalue weighted by Crippen LogP contribution is -2.17. The fourth-order valence-corrected chi connectivity index (χ4v) is 2.38. The summed E-state index contributed by atoms with van der Waals surface area (Å²) >= 11 is 3.52. The summed E-state index contributed by atoms with van der Waals surface area (Å²) in [6.07, 6.45) is 0. The summed E-state index contributed by atoms with van der Waals surface area (Å²) in [4.78, 5) is 11.7. The Kier molecular flexibility index (Phi) is 3.99. The van der Waals surface area contributed by atoms with E-state index in [9.17, 15) is 4.79 Å². The Hall–Kier alpha value is -1.62. The van der Waals surface area contributed by atoms with Gasteiger partial charge < -0.3 is 4.74 Å². The molecule has 20 heavy (non-hydrogen) atoms. The van der Waals surface area contributed by atoms with Crippen LogP contribution in [0.5, 0.6) is 0 Å². The largest absolute Gasteiger partial charge is 0.464 e. The van der Waals surface area contributed by atoms with Crippen LogP contribution in [0.4, 0.5) is 0 Å². The molecule has 1 heterocycles. The predicted molar refractivity (Wildman–Crippen MR) is 81.3 cm³/mol. The van der Waals surface area contributed by atoms with Crippen LogP contribution in [-0.2, 0) is 10.2 Å². The van der Waals surface area contributed by atoms with Gasteiger partial charge in [-0.15, -0.1) is 0 Å². The van der Waals surface area contributed by atoms with Gasteiger partial charge >= 0.3 is 5.97 Å². The van der Waals surface area contributed by atoms with E-state index in [2.05, 4.69) is 41.8 Å². The molecular formula is C15H17BrN2O2. The number of hydrogen-bond donors (Lipinski definition) is 0. The van der Waals surface area contributed by atoms with Crippen LogP contribution >= 0.6 is 15.9 Å². The normalized spacial score (nSPS) is 11.4. The number of rotatable bonds is 2. The second-order valence-electron chi connectivity index (χ2n) is 5.52. The van der Waals surface area contributed by atoms with Gasteiger partial charge in [-0.25, -0.2) is 9.48 Å². The number of nitrogens with zero attached hydrogens (tertiary/aromatic N) is 2. The summed E-state index contributed by atoms with van der Waals surface area (Å²) in [6.45, 7) is 6.25. The summed E-state index contributed by atoms with van der Waals surface area (Å²) in [5.74, 6) is -0.429. The molecule has 1 aromatic carbocycles. The molecule has 0 amide bonds. The third-order valence-corrected chi connectivity index (χ3v) is 3.62. The lowest BCUT2D eigenvalue weighted by Gasteiger charge is -2.20. The summed E-state index contributed by atoms with van der Waals surface area (Å²) in [5, 5.41) is 4.39.